The summed E-state index contributed by atoms with van der Waals surface area (Å²) in [6.45, 7) is 0. The zero-order valence-electron chi connectivity index (χ0n) is 10.5. The predicted molar refractivity (Wildman–Crippen MR) is 70.8 cm³/mol. The summed E-state index contributed by atoms with van der Waals surface area (Å²) in [5.74, 6) is -1.72. The number of hydrogen-bond donors (Lipinski definition) is 1. The van der Waals surface area contributed by atoms with Gasteiger partial charge in [0.15, 0.2) is 15.4 Å². The Hall–Kier alpha value is -2.20. The van der Waals surface area contributed by atoms with Crippen molar-refractivity contribution in [1.82, 2.24) is 4.57 Å². The van der Waals surface area contributed by atoms with Crippen LogP contribution in [0.25, 0.3) is 11.1 Å². The van der Waals surface area contributed by atoms with Crippen molar-refractivity contribution in [3.05, 3.63) is 38.9 Å². The van der Waals surface area contributed by atoms with Crippen LogP contribution in [-0.2, 0) is 9.84 Å². The third-order valence-corrected chi connectivity index (χ3v) is 5.13. The highest BCUT2D eigenvalue weighted by Crippen LogP contribution is 2.28. The average molecular weight is 314 g/mol. The molecule has 1 aliphatic rings. The molecule has 2 aromatic rings. The van der Waals surface area contributed by atoms with Crippen molar-refractivity contribution in [1.29, 1.82) is 0 Å². The number of nitro groups is 1. The summed E-state index contributed by atoms with van der Waals surface area (Å²) >= 11 is 0. The first-order chi connectivity index (χ1) is 9.78. The lowest BCUT2D eigenvalue weighted by Gasteiger charge is -2.13. The number of aliphatic hydroxyl groups is 1. The Balaban J connectivity index is 2.22. The van der Waals surface area contributed by atoms with E-state index in [1.54, 1.807) is 0 Å². The number of nitrogens with zero attached hydrogens (tertiary/aromatic N) is 2. The number of aliphatic hydroxyl groups excluding tert-OH is 1. The van der Waals surface area contributed by atoms with Gasteiger partial charge in [0.1, 0.15) is 0 Å². The average Bonchev–Trinajstić information content (AvgIpc) is 2.83. The summed E-state index contributed by atoms with van der Waals surface area (Å²) in [7, 11) is -3.47. The molecular weight excluding hydrogens is 304 g/mol. The quantitative estimate of drug-likeness (QED) is 0.601. The lowest BCUT2D eigenvalue weighted by atomic mass is 10.2. The maximum atomic E-state index is 11.9. The summed E-state index contributed by atoms with van der Waals surface area (Å²) in [5, 5.41) is 20.6. The molecule has 0 saturated carbocycles. The minimum absolute atomic E-state index is 0.0929. The van der Waals surface area contributed by atoms with Gasteiger partial charge in [0.25, 0.3) is 5.69 Å². The van der Waals surface area contributed by atoms with Crippen molar-refractivity contribution in [3.63, 3.8) is 0 Å². The molecule has 1 N–H and O–H groups in total. The molecule has 0 spiro atoms. The van der Waals surface area contributed by atoms with Crippen LogP contribution in [0.15, 0.2) is 27.4 Å². The van der Waals surface area contributed by atoms with E-state index in [0.717, 1.165) is 10.6 Å². The Morgan fingerprint density at radius 1 is 1.38 bits per heavy atom. The van der Waals surface area contributed by atoms with Gasteiger partial charge >= 0.3 is 5.76 Å². The second-order valence-corrected chi connectivity index (χ2v) is 7.01. The van der Waals surface area contributed by atoms with E-state index in [1.807, 2.05) is 0 Å². The molecule has 1 saturated heterocycles. The molecule has 2 heterocycles. The van der Waals surface area contributed by atoms with Gasteiger partial charge in [-0.15, -0.1) is 0 Å². The normalized spacial score (nSPS) is 24.4. The van der Waals surface area contributed by atoms with Crippen molar-refractivity contribution < 1.29 is 22.9 Å². The molecular formula is C11H10N2O7S. The molecule has 10 heteroatoms. The van der Waals surface area contributed by atoms with Crippen LogP contribution >= 0.6 is 0 Å². The second-order valence-electron chi connectivity index (χ2n) is 4.86. The largest absolute Gasteiger partial charge is 0.420 e. The Labute approximate surface area is 117 Å². The third kappa shape index (κ3) is 2.21. The highest BCUT2D eigenvalue weighted by Gasteiger charge is 2.39. The molecule has 0 bridgehead atoms. The molecule has 3 rings (SSSR count). The summed E-state index contributed by atoms with van der Waals surface area (Å²) in [6.07, 6.45) is -1.26. The van der Waals surface area contributed by atoms with Crippen LogP contribution < -0.4 is 5.76 Å². The van der Waals surface area contributed by atoms with Gasteiger partial charge in [-0.2, -0.15) is 0 Å². The summed E-state index contributed by atoms with van der Waals surface area (Å²) in [6, 6.07) is 2.56. The number of non-ortho nitro benzene ring substituents is 1. The molecule has 0 aliphatic carbocycles. The number of oxazole rings is 1. The van der Waals surface area contributed by atoms with E-state index < -0.39 is 44.2 Å². The Bertz CT molecular complexity index is 895. The van der Waals surface area contributed by atoms with Crippen LogP contribution in [0.5, 0.6) is 0 Å². The highest BCUT2D eigenvalue weighted by atomic mass is 32.2. The molecule has 1 aromatic carbocycles. The molecule has 1 fully saturated rings. The molecule has 1 aromatic heterocycles. The Morgan fingerprint density at radius 3 is 2.67 bits per heavy atom. The van der Waals surface area contributed by atoms with Gasteiger partial charge in [0.05, 0.1) is 34.1 Å². The lowest BCUT2D eigenvalue weighted by Crippen LogP contribution is -2.28. The van der Waals surface area contributed by atoms with Crippen molar-refractivity contribution in [2.75, 3.05) is 11.5 Å². The van der Waals surface area contributed by atoms with E-state index in [2.05, 4.69) is 0 Å². The Kier molecular flexibility index (Phi) is 2.88. The minimum atomic E-state index is -3.47. The fourth-order valence-corrected chi connectivity index (χ4v) is 4.28. The third-order valence-electron chi connectivity index (χ3n) is 3.43. The first-order valence-corrected chi connectivity index (χ1v) is 7.78. The van der Waals surface area contributed by atoms with E-state index in [1.165, 1.54) is 12.1 Å². The molecule has 0 amide bonds. The first-order valence-electron chi connectivity index (χ1n) is 5.96. The van der Waals surface area contributed by atoms with Gasteiger partial charge in [-0.25, -0.2) is 13.2 Å². The van der Waals surface area contributed by atoms with Gasteiger partial charge in [-0.05, 0) is 6.07 Å². The van der Waals surface area contributed by atoms with E-state index >= 15 is 0 Å². The summed E-state index contributed by atoms with van der Waals surface area (Å²) < 4.78 is 29.0. The topological polar surface area (TPSA) is 133 Å². The molecule has 1 aliphatic heterocycles. The maximum absolute atomic E-state index is 11.9. The van der Waals surface area contributed by atoms with Crippen LogP contribution in [0.2, 0.25) is 0 Å². The summed E-state index contributed by atoms with van der Waals surface area (Å²) in [4.78, 5) is 22.0. The first kappa shape index (κ1) is 13.8. The van der Waals surface area contributed by atoms with Crippen molar-refractivity contribution in [2.24, 2.45) is 0 Å². The number of rotatable bonds is 2. The van der Waals surface area contributed by atoms with Gasteiger partial charge in [-0.1, -0.05) is 0 Å². The minimum Gasteiger partial charge on any atom is -0.408 e. The van der Waals surface area contributed by atoms with E-state index in [4.69, 9.17) is 4.42 Å². The Morgan fingerprint density at radius 2 is 2.10 bits per heavy atom. The molecule has 112 valence electrons. The van der Waals surface area contributed by atoms with Gasteiger partial charge in [-0.3, -0.25) is 14.7 Å². The highest BCUT2D eigenvalue weighted by molar-refractivity contribution is 7.91. The van der Waals surface area contributed by atoms with Crippen LogP contribution in [0, 0.1) is 10.1 Å². The maximum Gasteiger partial charge on any atom is 0.420 e. The summed E-state index contributed by atoms with van der Waals surface area (Å²) in [5.41, 5.74) is -0.0650. The standard InChI is InChI=1S/C11H10N2O7S/c14-9-5-21(18,19)4-8(9)12-7-3-6(13(16)17)1-2-10(7)20-11(12)15/h1-3,8-9,14H,4-5H2. The van der Waals surface area contributed by atoms with E-state index in [-0.39, 0.29) is 16.8 Å². The molecule has 2 unspecified atom stereocenters. The number of sulfone groups is 1. The van der Waals surface area contributed by atoms with Crippen molar-refractivity contribution in [2.45, 2.75) is 12.1 Å². The van der Waals surface area contributed by atoms with Gasteiger partial charge in [0, 0.05) is 12.1 Å². The number of benzene rings is 1. The second kappa shape index (κ2) is 4.40. The monoisotopic (exact) mass is 314 g/mol. The lowest BCUT2D eigenvalue weighted by molar-refractivity contribution is -0.384. The predicted octanol–water partition coefficient (Wildman–Crippen LogP) is -0.167. The molecule has 2 atom stereocenters. The molecule has 0 radical (unpaired) electrons. The zero-order valence-corrected chi connectivity index (χ0v) is 11.3. The smallest absolute Gasteiger partial charge is 0.408 e. The number of nitro benzene ring substituents is 1. The number of fused-ring (bicyclic) bond motifs is 1. The van der Waals surface area contributed by atoms with Crippen molar-refractivity contribution in [3.8, 4) is 0 Å². The fourth-order valence-electron chi connectivity index (χ4n) is 2.51. The van der Waals surface area contributed by atoms with Crippen molar-refractivity contribution >= 4 is 26.6 Å². The van der Waals surface area contributed by atoms with E-state index in [0.29, 0.717) is 0 Å². The van der Waals surface area contributed by atoms with E-state index in [9.17, 15) is 28.4 Å². The SMILES string of the molecule is O=c1oc2ccc([N+](=O)[O-])cc2n1C1CS(=O)(=O)CC1O. The van der Waals surface area contributed by atoms with Crippen LogP contribution in [0.1, 0.15) is 6.04 Å². The van der Waals surface area contributed by atoms with Gasteiger partial charge < -0.3 is 9.52 Å². The zero-order chi connectivity index (χ0) is 15.4. The fraction of sp³-hybridized carbons (Fsp3) is 0.364. The molecule has 9 nitrogen and oxygen atoms in total. The van der Waals surface area contributed by atoms with Crippen LogP contribution in [0.3, 0.4) is 0 Å². The number of aromatic nitrogens is 1. The van der Waals surface area contributed by atoms with Crippen LogP contribution in [-0.4, -0.2) is 40.6 Å². The van der Waals surface area contributed by atoms with Gasteiger partial charge in [0.2, 0.25) is 0 Å². The number of hydrogen-bond acceptors (Lipinski definition) is 7. The van der Waals surface area contributed by atoms with Crippen LogP contribution in [0.4, 0.5) is 5.69 Å². The molecule has 21 heavy (non-hydrogen) atoms.